The first-order chi connectivity index (χ1) is 11.5. The van der Waals surface area contributed by atoms with E-state index < -0.39 is 46.4 Å². The van der Waals surface area contributed by atoms with Crippen LogP contribution in [0.15, 0.2) is 12.2 Å². The Labute approximate surface area is 148 Å². The molecule has 4 aliphatic carbocycles. The molecule has 5 nitrogen and oxygen atoms in total. The van der Waals surface area contributed by atoms with Crippen molar-refractivity contribution in [2.75, 3.05) is 0 Å². The molecule has 0 aromatic carbocycles. The summed E-state index contributed by atoms with van der Waals surface area (Å²) in [7, 11) is 0. The summed E-state index contributed by atoms with van der Waals surface area (Å²) in [6.45, 7) is 9.81. The molecule has 0 aliphatic heterocycles. The molecule has 3 N–H and O–H groups in total. The number of hydrogen-bond acceptors (Lipinski definition) is 5. The highest BCUT2D eigenvalue weighted by Crippen LogP contribution is 2.70. The first kappa shape index (κ1) is 17.4. The maximum Gasteiger partial charge on any atom is 0.170 e. The van der Waals surface area contributed by atoms with Crippen LogP contribution in [-0.2, 0) is 9.59 Å². The lowest BCUT2D eigenvalue weighted by molar-refractivity contribution is -0.233. The molecule has 5 heteroatoms. The molecule has 4 saturated carbocycles. The maximum atomic E-state index is 13.1. The first-order valence-corrected chi connectivity index (χ1v) is 9.31. The Balaban J connectivity index is 1.93. The molecule has 0 saturated heterocycles. The fraction of sp³-hybridized carbons (Fsp3) is 0.800. The molecule has 0 aromatic rings. The van der Waals surface area contributed by atoms with Gasteiger partial charge in [-0.15, -0.1) is 0 Å². The van der Waals surface area contributed by atoms with Crippen LogP contribution in [0.25, 0.3) is 0 Å². The molecule has 8 atom stereocenters. The summed E-state index contributed by atoms with van der Waals surface area (Å²) in [5.41, 5.74) is -2.14. The molecule has 25 heavy (non-hydrogen) atoms. The normalized spacial score (nSPS) is 54.2. The Morgan fingerprint density at radius 1 is 1.08 bits per heavy atom. The molecule has 0 aromatic heterocycles. The lowest BCUT2D eigenvalue weighted by atomic mass is 9.39. The third kappa shape index (κ3) is 1.70. The smallest absolute Gasteiger partial charge is 0.170 e. The Morgan fingerprint density at radius 2 is 1.72 bits per heavy atom. The standard InChI is InChI=1S/C20H28O5/c1-9-10-7-11(21)15-19(4)6-5-13(22)18(2,3)12(19)8-14(23)20(15,16(9)24)17(10)25/h10,12-15,17,22-23,25H,1,5-8H2,2-4H3/t10-,12+,13-,14+,15-,17+,19+,20+/m0/s1. The zero-order chi connectivity index (χ0) is 18.5. The average molecular weight is 348 g/mol. The molecule has 4 rings (SSSR count). The van der Waals surface area contributed by atoms with Gasteiger partial charge in [-0.3, -0.25) is 9.59 Å². The fourth-order valence-corrected chi connectivity index (χ4v) is 7.11. The van der Waals surface area contributed by atoms with E-state index in [1.807, 2.05) is 20.8 Å². The highest BCUT2D eigenvalue weighted by atomic mass is 16.3. The maximum absolute atomic E-state index is 13.1. The highest BCUT2D eigenvalue weighted by molar-refractivity contribution is 6.09. The van der Waals surface area contributed by atoms with E-state index in [9.17, 15) is 24.9 Å². The monoisotopic (exact) mass is 348 g/mol. The second kappa shape index (κ2) is 4.81. The van der Waals surface area contributed by atoms with Gasteiger partial charge in [0.15, 0.2) is 5.78 Å². The van der Waals surface area contributed by atoms with Crippen molar-refractivity contribution >= 4 is 11.6 Å². The lowest BCUT2D eigenvalue weighted by Gasteiger charge is -2.65. The molecule has 4 aliphatic rings. The Bertz CT molecular complexity index is 682. The van der Waals surface area contributed by atoms with Crippen molar-refractivity contribution in [1.82, 2.24) is 0 Å². The zero-order valence-electron chi connectivity index (χ0n) is 15.2. The third-order valence-electron chi connectivity index (χ3n) is 8.40. The van der Waals surface area contributed by atoms with Crippen molar-refractivity contribution in [2.45, 2.75) is 64.8 Å². The number of carbonyl (C=O) groups is 2. The Morgan fingerprint density at radius 3 is 2.36 bits per heavy atom. The van der Waals surface area contributed by atoms with Gasteiger partial charge in [0.2, 0.25) is 0 Å². The fourth-order valence-electron chi connectivity index (χ4n) is 7.11. The average Bonchev–Trinajstić information content (AvgIpc) is 2.65. The molecule has 0 radical (unpaired) electrons. The number of carbonyl (C=O) groups excluding carboxylic acids is 2. The predicted octanol–water partition coefficient (Wildman–Crippen LogP) is 1.25. The van der Waals surface area contributed by atoms with Crippen LogP contribution in [-0.4, -0.2) is 45.2 Å². The summed E-state index contributed by atoms with van der Waals surface area (Å²) in [5.74, 6) is -1.73. The molecule has 0 heterocycles. The summed E-state index contributed by atoms with van der Waals surface area (Å²) < 4.78 is 0. The predicted molar refractivity (Wildman–Crippen MR) is 90.4 cm³/mol. The van der Waals surface area contributed by atoms with E-state index in [-0.39, 0.29) is 23.9 Å². The van der Waals surface area contributed by atoms with Gasteiger partial charge in [0.1, 0.15) is 5.78 Å². The molecule has 1 spiro atoms. The van der Waals surface area contributed by atoms with Crippen molar-refractivity contribution in [3.63, 3.8) is 0 Å². The van der Waals surface area contributed by atoms with E-state index in [1.165, 1.54) is 0 Å². The summed E-state index contributed by atoms with van der Waals surface area (Å²) in [5, 5.41) is 32.6. The minimum absolute atomic E-state index is 0.0410. The minimum Gasteiger partial charge on any atom is -0.393 e. The summed E-state index contributed by atoms with van der Waals surface area (Å²) in [6, 6.07) is 0. The van der Waals surface area contributed by atoms with Crippen LogP contribution in [0.4, 0.5) is 0 Å². The molecule has 4 fully saturated rings. The summed E-state index contributed by atoms with van der Waals surface area (Å²) in [4.78, 5) is 26.3. The summed E-state index contributed by atoms with van der Waals surface area (Å²) >= 11 is 0. The van der Waals surface area contributed by atoms with Gasteiger partial charge >= 0.3 is 0 Å². The van der Waals surface area contributed by atoms with Gasteiger partial charge in [-0.2, -0.15) is 0 Å². The number of rotatable bonds is 0. The van der Waals surface area contributed by atoms with Crippen LogP contribution in [0.2, 0.25) is 0 Å². The lowest BCUT2D eigenvalue weighted by Crippen LogP contribution is -2.70. The van der Waals surface area contributed by atoms with Crippen LogP contribution in [0.1, 0.15) is 46.5 Å². The van der Waals surface area contributed by atoms with Crippen LogP contribution < -0.4 is 0 Å². The van der Waals surface area contributed by atoms with Gasteiger partial charge in [-0.25, -0.2) is 0 Å². The number of fused-ring (bicyclic) bond motifs is 3. The molecule has 0 unspecified atom stereocenters. The van der Waals surface area contributed by atoms with Crippen molar-refractivity contribution in [1.29, 1.82) is 0 Å². The van der Waals surface area contributed by atoms with E-state index in [0.29, 0.717) is 24.8 Å². The number of hydrogen-bond donors (Lipinski definition) is 3. The van der Waals surface area contributed by atoms with E-state index in [4.69, 9.17) is 0 Å². The van der Waals surface area contributed by atoms with Crippen LogP contribution in [0.3, 0.4) is 0 Å². The molecule has 138 valence electrons. The van der Waals surface area contributed by atoms with Gasteiger partial charge in [0.25, 0.3) is 0 Å². The number of ketones is 2. The quantitative estimate of drug-likeness (QED) is 0.573. The van der Waals surface area contributed by atoms with Gasteiger partial charge < -0.3 is 15.3 Å². The van der Waals surface area contributed by atoms with Crippen molar-refractivity contribution < 1.29 is 24.9 Å². The largest absolute Gasteiger partial charge is 0.393 e. The Hall–Kier alpha value is -1.04. The van der Waals surface area contributed by atoms with Crippen molar-refractivity contribution in [2.24, 2.45) is 34.0 Å². The van der Waals surface area contributed by atoms with E-state index in [2.05, 4.69) is 6.58 Å². The van der Waals surface area contributed by atoms with Gasteiger partial charge in [-0.1, -0.05) is 27.4 Å². The summed E-state index contributed by atoms with van der Waals surface area (Å²) in [6.07, 6.45) is -1.03. The van der Waals surface area contributed by atoms with Gasteiger partial charge in [0, 0.05) is 18.3 Å². The highest BCUT2D eigenvalue weighted by Gasteiger charge is 2.76. The number of aliphatic hydroxyl groups excluding tert-OH is 3. The van der Waals surface area contributed by atoms with Crippen LogP contribution >= 0.6 is 0 Å². The van der Waals surface area contributed by atoms with E-state index >= 15 is 0 Å². The second-order valence-corrected chi connectivity index (χ2v) is 9.63. The second-order valence-electron chi connectivity index (χ2n) is 9.63. The SMILES string of the molecule is C=C1C(=O)[C@@]23[C@H](O)C[C@@H]4C(C)(C)[C@@H](O)CC[C@@]4(C)[C@@H]2C(=O)C[C@@H]1[C@H]3O. The van der Waals surface area contributed by atoms with Gasteiger partial charge in [0.05, 0.1) is 23.7 Å². The number of aliphatic hydroxyl groups is 3. The molecular formula is C20H28O5. The topological polar surface area (TPSA) is 94.8 Å². The first-order valence-electron chi connectivity index (χ1n) is 9.31. The van der Waals surface area contributed by atoms with E-state index in [1.54, 1.807) is 0 Å². The minimum atomic E-state index is -1.44. The Kier molecular flexibility index (Phi) is 3.35. The number of Topliss-reactive ketones (excluding diaryl/α,β-unsaturated/α-hetero) is 2. The molecule has 2 bridgehead atoms. The zero-order valence-corrected chi connectivity index (χ0v) is 15.2. The third-order valence-corrected chi connectivity index (χ3v) is 8.40. The molecule has 0 amide bonds. The van der Waals surface area contributed by atoms with E-state index in [0.717, 1.165) is 0 Å². The van der Waals surface area contributed by atoms with Crippen LogP contribution in [0.5, 0.6) is 0 Å². The molecular weight excluding hydrogens is 320 g/mol. The van der Waals surface area contributed by atoms with Crippen LogP contribution in [0, 0.1) is 34.0 Å². The van der Waals surface area contributed by atoms with Crippen molar-refractivity contribution in [3.05, 3.63) is 12.2 Å². The van der Waals surface area contributed by atoms with Gasteiger partial charge in [-0.05, 0) is 41.6 Å². The van der Waals surface area contributed by atoms with Crippen molar-refractivity contribution in [3.8, 4) is 0 Å².